The van der Waals surface area contributed by atoms with Crippen molar-refractivity contribution in [1.82, 2.24) is 19.9 Å². The van der Waals surface area contributed by atoms with Gasteiger partial charge in [0.1, 0.15) is 34.6 Å². The number of halogens is 1. The second-order valence-electron chi connectivity index (χ2n) is 8.61. The van der Waals surface area contributed by atoms with E-state index in [1.54, 1.807) is 35.2 Å². The number of aromatic nitrogens is 3. The third-order valence-electron chi connectivity index (χ3n) is 5.75. The molecule has 0 spiro atoms. The van der Waals surface area contributed by atoms with E-state index in [-0.39, 0.29) is 22.9 Å². The van der Waals surface area contributed by atoms with Gasteiger partial charge in [-0.1, -0.05) is 12.1 Å². The zero-order valence-electron chi connectivity index (χ0n) is 18.8. The van der Waals surface area contributed by atoms with Crippen LogP contribution in [0.1, 0.15) is 29.9 Å². The Balaban J connectivity index is 1.50. The molecule has 1 aliphatic heterocycles. The lowest BCUT2D eigenvalue weighted by Gasteiger charge is -2.26. The lowest BCUT2D eigenvalue weighted by atomic mass is 10.0. The minimum absolute atomic E-state index is 0.0385. The largest absolute Gasteiger partial charge is 0.452 e. The molecular formula is C25H23FN4O4. The second kappa shape index (κ2) is 8.58. The fourth-order valence-electron chi connectivity index (χ4n) is 3.97. The number of ether oxygens (including phenoxy) is 1. The zero-order chi connectivity index (χ0) is 23.9. The fraction of sp³-hybridized carbons (Fsp3) is 0.280. The molecule has 0 aliphatic carbocycles. The summed E-state index contributed by atoms with van der Waals surface area (Å²) in [5.41, 5.74) is 1.04. The maximum Gasteiger partial charge on any atom is 0.254 e. The molecule has 1 aromatic carbocycles. The van der Waals surface area contributed by atoms with Crippen LogP contribution in [-0.4, -0.2) is 57.2 Å². The molecule has 8 nitrogen and oxygen atoms in total. The molecule has 9 heteroatoms. The van der Waals surface area contributed by atoms with E-state index in [1.165, 1.54) is 32.4 Å². The van der Waals surface area contributed by atoms with Gasteiger partial charge in [0.15, 0.2) is 11.4 Å². The van der Waals surface area contributed by atoms with E-state index in [1.807, 2.05) is 0 Å². The van der Waals surface area contributed by atoms with E-state index in [0.29, 0.717) is 48.7 Å². The Morgan fingerprint density at radius 3 is 2.53 bits per heavy atom. The third-order valence-corrected chi connectivity index (χ3v) is 5.75. The first-order chi connectivity index (χ1) is 16.3. The van der Waals surface area contributed by atoms with E-state index in [9.17, 15) is 9.90 Å². The lowest BCUT2D eigenvalue weighted by Crippen LogP contribution is -2.40. The van der Waals surface area contributed by atoms with E-state index >= 15 is 4.39 Å². The number of hydrogen-bond acceptors (Lipinski definition) is 7. The Morgan fingerprint density at radius 2 is 1.82 bits per heavy atom. The van der Waals surface area contributed by atoms with Crippen LogP contribution in [0.4, 0.5) is 4.39 Å². The number of fused-ring (bicyclic) bond motifs is 1. The number of aliphatic hydroxyl groups is 1. The van der Waals surface area contributed by atoms with Crippen LogP contribution in [0.3, 0.4) is 0 Å². The van der Waals surface area contributed by atoms with Crippen LogP contribution < -0.4 is 0 Å². The number of pyridine rings is 1. The summed E-state index contributed by atoms with van der Waals surface area (Å²) in [7, 11) is 0. The molecule has 174 valence electrons. The van der Waals surface area contributed by atoms with Crippen molar-refractivity contribution in [2.24, 2.45) is 0 Å². The molecule has 3 aromatic heterocycles. The number of benzene rings is 1. The average Bonchev–Trinajstić information content (AvgIpc) is 3.28. The number of morpholine rings is 1. The number of carbonyl (C=O) groups excluding carboxylic acids is 1. The predicted octanol–water partition coefficient (Wildman–Crippen LogP) is 3.79. The smallest absolute Gasteiger partial charge is 0.254 e. The van der Waals surface area contributed by atoms with E-state index in [2.05, 4.69) is 15.0 Å². The molecule has 34 heavy (non-hydrogen) atoms. The van der Waals surface area contributed by atoms with Crippen LogP contribution in [0.15, 0.2) is 53.3 Å². The van der Waals surface area contributed by atoms with Crippen molar-refractivity contribution in [2.75, 3.05) is 26.3 Å². The number of rotatable bonds is 4. The highest BCUT2D eigenvalue weighted by Gasteiger charge is 2.26. The normalized spacial score (nSPS) is 14.5. The maximum absolute atomic E-state index is 15.2. The van der Waals surface area contributed by atoms with Gasteiger partial charge >= 0.3 is 0 Å². The Labute approximate surface area is 195 Å². The van der Waals surface area contributed by atoms with Crippen LogP contribution in [0.25, 0.3) is 33.7 Å². The van der Waals surface area contributed by atoms with Gasteiger partial charge in [0.05, 0.1) is 13.2 Å². The summed E-state index contributed by atoms with van der Waals surface area (Å²) in [6.45, 7) is 5.17. The second-order valence-corrected chi connectivity index (χ2v) is 8.61. The van der Waals surface area contributed by atoms with Crippen molar-refractivity contribution >= 4 is 17.0 Å². The van der Waals surface area contributed by atoms with Crippen LogP contribution in [0.2, 0.25) is 0 Å². The van der Waals surface area contributed by atoms with Crippen LogP contribution in [0, 0.1) is 5.82 Å². The van der Waals surface area contributed by atoms with E-state index in [0.717, 1.165) is 5.56 Å². The third kappa shape index (κ3) is 4.04. The van der Waals surface area contributed by atoms with Crippen molar-refractivity contribution < 1.29 is 23.4 Å². The van der Waals surface area contributed by atoms with Crippen molar-refractivity contribution in [3.8, 4) is 22.6 Å². The van der Waals surface area contributed by atoms with Crippen LogP contribution in [-0.2, 0) is 10.3 Å². The molecule has 1 aliphatic rings. The van der Waals surface area contributed by atoms with Gasteiger partial charge in [0, 0.05) is 42.0 Å². The number of furan rings is 1. The average molecular weight is 462 g/mol. The highest BCUT2D eigenvalue weighted by molar-refractivity contribution is 5.95. The molecule has 1 amide bonds. The Morgan fingerprint density at radius 1 is 1.09 bits per heavy atom. The molecule has 4 aromatic rings. The van der Waals surface area contributed by atoms with E-state index in [4.69, 9.17) is 9.15 Å². The standard InChI is InChI=1S/C25H23FN4O4/c1-25(2,32)23-20(26)17(7-8-27-23)21-22-18(28-14-29-21)13-19(34-22)15-3-5-16(6-4-15)24(31)30-9-11-33-12-10-30/h3-8,13-14,32H,9-12H2,1-2H3. The first kappa shape index (κ1) is 22.1. The van der Waals surface area contributed by atoms with Crippen molar-refractivity contribution in [1.29, 1.82) is 0 Å². The summed E-state index contributed by atoms with van der Waals surface area (Å²) in [4.78, 5) is 26.9. The first-order valence-electron chi connectivity index (χ1n) is 10.9. The molecule has 1 N–H and O–H groups in total. The van der Waals surface area contributed by atoms with Crippen molar-refractivity contribution in [2.45, 2.75) is 19.4 Å². The Bertz CT molecular complexity index is 1360. The fourth-order valence-corrected chi connectivity index (χ4v) is 3.97. The first-order valence-corrected chi connectivity index (χ1v) is 10.9. The summed E-state index contributed by atoms with van der Waals surface area (Å²) in [6.07, 6.45) is 2.76. The molecule has 1 fully saturated rings. The molecule has 4 heterocycles. The van der Waals surface area contributed by atoms with Crippen molar-refractivity contribution in [3.63, 3.8) is 0 Å². The van der Waals surface area contributed by atoms with Gasteiger partial charge in [-0.15, -0.1) is 0 Å². The molecule has 0 bridgehead atoms. The van der Waals surface area contributed by atoms with Crippen molar-refractivity contribution in [3.05, 3.63) is 66.0 Å². The molecule has 0 unspecified atom stereocenters. The number of amides is 1. The SMILES string of the molecule is CC(C)(O)c1nccc(-c2ncnc3cc(-c4ccc(C(=O)N5CCOCC5)cc4)oc23)c1F. The van der Waals surface area contributed by atoms with Gasteiger partial charge in [-0.25, -0.2) is 14.4 Å². The number of hydrogen-bond donors (Lipinski definition) is 1. The van der Waals surface area contributed by atoms with E-state index < -0.39 is 11.4 Å². The van der Waals surface area contributed by atoms with Gasteiger partial charge in [-0.05, 0) is 32.0 Å². The molecular weight excluding hydrogens is 439 g/mol. The monoisotopic (exact) mass is 462 g/mol. The summed E-state index contributed by atoms with van der Waals surface area (Å²) in [5, 5.41) is 10.3. The molecule has 1 saturated heterocycles. The Hall–Kier alpha value is -3.69. The number of carbonyl (C=O) groups is 1. The summed E-state index contributed by atoms with van der Waals surface area (Å²) in [6, 6.07) is 10.3. The topological polar surface area (TPSA) is 102 Å². The highest BCUT2D eigenvalue weighted by atomic mass is 19.1. The minimum atomic E-state index is -1.46. The zero-order valence-corrected chi connectivity index (χ0v) is 18.8. The van der Waals surface area contributed by atoms with Gasteiger partial charge in [-0.2, -0.15) is 0 Å². The molecule has 0 radical (unpaired) electrons. The lowest BCUT2D eigenvalue weighted by molar-refractivity contribution is 0.0303. The van der Waals surface area contributed by atoms with Crippen LogP contribution in [0.5, 0.6) is 0 Å². The van der Waals surface area contributed by atoms with Gasteiger partial charge in [0.25, 0.3) is 5.91 Å². The quantitative estimate of drug-likeness (QED) is 0.492. The van der Waals surface area contributed by atoms with Crippen LogP contribution >= 0.6 is 0 Å². The molecule has 0 atom stereocenters. The summed E-state index contributed by atoms with van der Waals surface area (Å²) in [5.74, 6) is -0.193. The summed E-state index contributed by atoms with van der Waals surface area (Å²) < 4.78 is 26.6. The van der Waals surface area contributed by atoms with Gasteiger partial charge in [0.2, 0.25) is 0 Å². The summed E-state index contributed by atoms with van der Waals surface area (Å²) >= 11 is 0. The molecule has 5 rings (SSSR count). The number of nitrogens with zero attached hydrogens (tertiary/aromatic N) is 4. The Kier molecular flexibility index (Phi) is 5.59. The van der Waals surface area contributed by atoms with Gasteiger partial charge in [-0.3, -0.25) is 9.78 Å². The highest BCUT2D eigenvalue weighted by Crippen LogP contribution is 2.35. The molecule has 0 saturated carbocycles. The predicted molar refractivity (Wildman–Crippen MR) is 122 cm³/mol. The van der Waals surface area contributed by atoms with Gasteiger partial charge < -0.3 is 19.2 Å². The minimum Gasteiger partial charge on any atom is -0.452 e. The maximum atomic E-state index is 15.2.